The van der Waals surface area contributed by atoms with Crippen molar-refractivity contribution in [3.05, 3.63) is 27.7 Å². The summed E-state index contributed by atoms with van der Waals surface area (Å²) in [6, 6.07) is 4.75. The maximum absolute atomic E-state index is 12.2. The smallest absolute Gasteiger partial charge is 0.240 e. The Morgan fingerprint density at radius 2 is 1.89 bits per heavy atom. The molecule has 0 heterocycles. The minimum Gasteiger partial charge on any atom is -0.328 e. The summed E-state index contributed by atoms with van der Waals surface area (Å²) in [5.74, 6) is 0. The van der Waals surface area contributed by atoms with Crippen LogP contribution in [-0.4, -0.2) is 20.5 Å². The Kier molecular flexibility index (Phi) is 4.89. The highest BCUT2D eigenvalue weighted by Gasteiger charge is 2.24. The van der Waals surface area contributed by atoms with E-state index in [1.54, 1.807) is 6.07 Å². The van der Waals surface area contributed by atoms with Gasteiger partial charge >= 0.3 is 0 Å². The van der Waals surface area contributed by atoms with E-state index in [0.29, 0.717) is 9.50 Å². The van der Waals surface area contributed by atoms with Crippen LogP contribution in [0.15, 0.2) is 27.6 Å². The lowest BCUT2D eigenvalue weighted by Gasteiger charge is -2.26. The van der Waals surface area contributed by atoms with Crippen LogP contribution in [0.25, 0.3) is 0 Å². The Labute approximate surface area is 126 Å². The predicted molar refractivity (Wildman–Crippen MR) is 79.7 cm³/mol. The van der Waals surface area contributed by atoms with Crippen molar-refractivity contribution >= 4 is 37.6 Å². The van der Waals surface area contributed by atoms with Gasteiger partial charge in [-0.15, -0.1) is 0 Å². The van der Waals surface area contributed by atoms with E-state index in [1.165, 1.54) is 12.1 Å². The Morgan fingerprint density at radius 3 is 2.47 bits per heavy atom. The maximum atomic E-state index is 12.2. The summed E-state index contributed by atoms with van der Waals surface area (Å²) < 4.78 is 27.8. The van der Waals surface area contributed by atoms with Crippen LogP contribution < -0.4 is 10.5 Å². The highest BCUT2D eigenvalue weighted by Crippen LogP contribution is 2.26. The van der Waals surface area contributed by atoms with E-state index in [9.17, 15) is 8.42 Å². The quantitative estimate of drug-likeness (QED) is 0.862. The van der Waals surface area contributed by atoms with Crippen molar-refractivity contribution in [2.75, 3.05) is 0 Å². The van der Waals surface area contributed by atoms with Gasteiger partial charge in [0.1, 0.15) is 0 Å². The number of rotatable bonds is 3. The summed E-state index contributed by atoms with van der Waals surface area (Å²) in [4.78, 5) is 0.221. The summed E-state index contributed by atoms with van der Waals surface area (Å²) in [7, 11) is -3.50. The number of nitrogens with two attached hydrogens (primary N) is 1. The molecule has 0 radical (unpaired) electrons. The molecular formula is C12H16BrClN2O2S. The fraction of sp³-hybridized carbons (Fsp3) is 0.500. The van der Waals surface area contributed by atoms with Crippen LogP contribution in [0.4, 0.5) is 0 Å². The summed E-state index contributed by atoms with van der Waals surface area (Å²) in [6.07, 6.45) is 3.29. The minimum absolute atomic E-state index is 0.0285. The molecule has 0 unspecified atom stereocenters. The minimum atomic E-state index is -3.50. The molecule has 4 nitrogen and oxygen atoms in total. The van der Waals surface area contributed by atoms with Crippen LogP contribution in [-0.2, 0) is 10.0 Å². The highest BCUT2D eigenvalue weighted by atomic mass is 79.9. The molecular weight excluding hydrogens is 352 g/mol. The molecule has 1 aliphatic carbocycles. The molecule has 19 heavy (non-hydrogen) atoms. The van der Waals surface area contributed by atoms with Crippen LogP contribution in [0, 0.1) is 0 Å². The van der Waals surface area contributed by atoms with Crippen molar-refractivity contribution in [3.63, 3.8) is 0 Å². The number of halogens is 2. The van der Waals surface area contributed by atoms with E-state index >= 15 is 0 Å². The van der Waals surface area contributed by atoms with Gasteiger partial charge in [0.15, 0.2) is 0 Å². The number of nitrogens with one attached hydrogen (secondary N) is 1. The Morgan fingerprint density at radius 1 is 1.26 bits per heavy atom. The zero-order valence-corrected chi connectivity index (χ0v) is 13.4. The summed E-state index contributed by atoms with van der Waals surface area (Å²) in [5.41, 5.74) is 5.81. The normalized spacial score (nSPS) is 24.4. The first-order chi connectivity index (χ1) is 8.88. The van der Waals surface area contributed by atoms with Crippen LogP contribution >= 0.6 is 27.5 Å². The van der Waals surface area contributed by atoms with Crippen molar-refractivity contribution in [1.29, 1.82) is 0 Å². The third kappa shape index (κ3) is 3.92. The van der Waals surface area contributed by atoms with Crippen molar-refractivity contribution in [2.24, 2.45) is 5.73 Å². The Bertz CT molecular complexity index is 557. The first kappa shape index (κ1) is 15.3. The third-order valence-corrected chi connectivity index (χ3v) is 6.03. The molecule has 0 atom stereocenters. The van der Waals surface area contributed by atoms with Gasteiger partial charge < -0.3 is 5.73 Å². The van der Waals surface area contributed by atoms with Gasteiger partial charge in [0.2, 0.25) is 10.0 Å². The summed E-state index contributed by atoms with van der Waals surface area (Å²) in [6.45, 7) is 0. The number of sulfonamides is 1. The van der Waals surface area contributed by atoms with Crippen molar-refractivity contribution in [2.45, 2.75) is 42.7 Å². The largest absolute Gasteiger partial charge is 0.328 e. The molecule has 0 bridgehead atoms. The van der Waals surface area contributed by atoms with E-state index < -0.39 is 10.0 Å². The van der Waals surface area contributed by atoms with Gasteiger partial charge in [0, 0.05) is 16.6 Å². The lowest BCUT2D eigenvalue weighted by molar-refractivity contribution is 0.373. The molecule has 1 aromatic carbocycles. The average molecular weight is 368 g/mol. The second-order valence-electron chi connectivity index (χ2n) is 4.81. The molecule has 106 valence electrons. The molecule has 7 heteroatoms. The lowest BCUT2D eigenvalue weighted by atomic mass is 9.93. The molecule has 1 aromatic rings. The summed E-state index contributed by atoms with van der Waals surface area (Å²) >= 11 is 9.09. The lowest BCUT2D eigenvalue weighted by Crippen LogP contribution is -2.40. The van der Waals surface area contributed by atoms with E-state index in [4.69, 9.17) is 17.3 Å². The molecule has 0 aromatic heterocycles. The maximum Gasteiger partial charge on any atom is 0.240 e. The molecule has 3 N–H and O–H groups in total. The van der Waals surface area contributed by atoms with Gasteiger partial charge in [-0.3, -0.25) is 0 Å². The molecule has 0 amide bonds. The number of benzene rings is 1. The third-order valence-electron chi connectivity index (χ3n) is 3.30. The number of hydrogen-bond acceptors (Lipinski definition) is 3. The summed E-state index contributed by atoms with van der Waals surface area (Å²) in [5, 5.41) is 0.489. The molecule has 0 saturated heterocycles. The van der Waals surface area contributed by atoms with Gasteiger partial charge in [0.25, 0.3) is 0 Å². The predicted octanol–water partition coefficient (Wildman–Crippen LogP) is 2.65. The second kappa shape index (κ2) is 6.10. The van der Waals surface area contributed by atoms with E-state index in [1.807, 2.05) is 0 Å². The molecule has 1 fully saturated rings. The molecule has 2 rings (SSSR count). The van der Waals surface area contributed by atoms with Crippen LogP contribution in [0.2, 0.25) is 5.02 Å². The zero-order valence-electron chi connectivity index (χ0n) is 10.3. The second-order valence-corrected chi connectivity index (χ2v) is 7.78. The average Bonchev–Trinajstić information content (AvgIpc) is 2.35. The first-order valence-corrected chi connectivity index (χ1v) is 8.77. The number of hydrogen-bond donors (Lipinski definition) is 2. The van der Waals surface area contributed by atoms with Gasteiger partial charge in [-0.1, -0.05) is 11.6 Å². The fourth-order valence-corrected chi connectivity index (χ4v) is 4.15. The van der Waals surface area contributed by atoms with Gasteiger partial charge in [0.05, 0.1) is 9.92 Å². The van der Waals surface area contributed by atoms with Crippen molar-refractivity contribution in [1.82, 2.24) is 4.72 Å². The molecule has 0 spiro atoms. The van der Waals surface area contributed by atoms with Crippen molar-refractivity contribution in [3.8, 4) is 0 Å². The van der Waals surface area contributed by atoms with Crippen LogP contribution in [0.3, 0.4) is 0 Å². The van der Waals surface area contributed by atoms with Crippen LogP contribution in [0.1, 0.15) is 25.7 Å². The van der Waals surface area contributed by atoms with E-state index in [2.05, 4.69) is 20.7 Å². The Balaban J connectivity index is 2.11. The molecule has 1 aliphatic rings. The SMILES string of the molecule is NC1CCC(NS(=O)(=O)c2ccc(Cl)c(Br)c2)CC1. The topological polar surface area (TPSA) is 72.2 Å². The van der Waals surface area contributed by atoms with Gasteiger partial charge in [-0.05, 0) is 59.8 Å². The van der Waals surface area contributed by atoms with Gasteiger partial charge in [-0.25, -0.2) is 13.1 Å². The molecule has 0 aliphatic heterocycles. The first-order valence-electron chi connectivity index (χ1n) is 6.11. The highest BCUT2D eigenvalue weighted by molar-refractivity contribution is 9.10. The molecule has 1 saturated carbocycles. The Hall–Kier alpha value is -0.140. The van der Waals surface area contributed by atoms with Gasteiger partial charge in [-0.2, -0.15) is 0 Å². The van der Waals surface area contributed by atoms with Crippen molar-refractivity contribution < 1.29 is 8.42 Å². The van der Waals surface area contributed by atoms with E-state index in [-0.39, 0.29) is 17.0 Å². The monoisotopic (exact) mass is 366 g/mol. The van der Waals surface area contributed by atoms with E-state index in [0.717, 1.165) is 25.7 Å². The van der Waals surface area contributed by atoms with Crippen LogP contribution in [0.5, 0.6) is 0 Å². The fourth-order valence-electron chi connectivity index (χ4n) is 2.17. The standard InChI is InChI=1S/C12H16BrClN2O2S/c13-11-7-10(5-6-12(11)14)19(17,18)16-9-3-1-8(15)2-4-9/h5-9,16H,1-4,15H2. The zero-order chi connectivity index (χ0) is 14.0.